The second-order valence-corrected chi connectivity index (χ2v) is 6.06. The van der Waals surface area contributed by atoms with Crippen molar-refractivity contribution in [3.63, 3.8) is 0 Å². The zero-order valence-electron chi connectivity index (χ0n) is 12.9. The van der Waals surface area contributed by atoms with E-state index in [9.17, 15) is 4.79 Å². The van der Waals surface area contributed by atoms with Gasteiger partial charge in [0.25, 0.3) is 11.7 Å². The van der Waals surface area contributed by atoms with Crippen LogP contribution >= 0.6 is 0 Å². The smallest absolute Gasteiger partial charge is 0.291 e. The molecule has 3 aromatic rings. The topological polar surface area (TPSA) is 72.2 Å². The first-order valence-corrected chi connectivity index (χ1v) is 7.70. The van der Waals surface area contributed by atoms with E-state index in [2.05, 4.69) is 32.5 Å². The fraction of sp³-hybridized carbons (Fsp3) is 0.294. The van der Waals surface area contributed by atoms with E-state index >= 15 is 0 Å². The van der Waals surface area contributed by atoms with Crippen molar-refractivity contribution in [1.82, 2.24) is 24.9 Å². The van der Waals surface area contributed by atoms with Crippen LogP contribution in [0.2, 0.25) is 0 Å². The highest BCUT2D eigenvalue weighted by atomic mass is 16.2. The molecule has 0 saturated heterocycles. The number of aryl methyl sites for hydroxylation is 1. The Hall–Kier alpha value is -2.76. The van der Waals surface area contributed by atoms with Gasteiger partial charge in [-0.05, 0) is 31.4 Å². The molecule has 23 heavy (non-hydrogen) atoms. The summed E-state index contributed by atoms with van der Waals surface area (Å²) in [7, 11) is 0. The molecule has 1 fully saturated rings. The lowest BCUT2D eigenvalue weighted by Gasteiger charge is -2.15. The molecule has 1 aliphatic rings. The van der Waals surface area contributed by atoms with Crippen molar-refractivity contribution in [2.75, 3.05) is 6.54 Å². The van der Waals surface area contributed by atoms with Gasteiger partial charge in [0.15, 0.2) is 0 Å². The van der Waals surface area contributed by atoms with Crippen LogP contribution in [0.3, 0.4) is 0 Å². The van der Waals surface area contributed by atoms with Crippen LogP contribution in [0.4, 0.5) is 0 Å². The van der Waals surface area contributed by atoms with Gasteiger partial charge < -0.3 is 5.32 Å². The molecule has 6 nitrogen and oxygen atoms in total. The van der Waals surface area contributed by atoms with Crippen molar-refractivity contribution >= 4 is 11.7 Å². The maximum Gasteiger partial charge on any atom is 0.291 e. The van der Waals surface area contributed by atoms with Crippen LogP contribution in [0.25, 0.3) is 5.78 Å². The highest BCUT2D eigenvalue weighted by Crippen LogP contribution is 2.47. The Balaban J connectivity index is 1.51. The van der Waals surface area contributed by atoms with Crippen LogP contribution in [0.5, 0.6) is 0 Å². The lowest BCUT2D eigenvalue weighted by molar-refractivity contribution is 0.0939. The van der Waals surface area contributed by atoms with Crippen LogP contribution in [-0.2, 0) is 5.41 Å². The highest BCUT2D eigenvalue weighted by molar-refractivity contribution is 5.90. The van der Waals surface area contributed by atoms with E-state index in [4.69, 9.17) is 0 Å². The third-order valence-corrected chi connectivity index (χ3v) is 4.46. The predicted octanol–water partition coefficient (Wildman–Crippen LogP) is 1.89. The molecule has 0 radical (unpaired) electrons. The summed E-state index contributed by atoms with van der Waals surface area (Å²) >= 11 is 0. The Kier molecular flexibility index (Phi) is 3.11. The van der Waals surface area contributed by atoms with Gasteiger partial charge in [0, 0.05) is 23.9 Å². The fourth-order valence-electron chi connectivity index (χ4n) is 2.84. The molecule has 1 amide bonds. The number of hydrogen-bond acceptors (Lipinski definition) is 4. The summed E-state index contributed by atoms with van der Waals surface area (Å²) in [4.78, 5) is 20.7. The van der Waals surface area contributed by atoms with E-state index in [1.54, 1.807) is 10.7 Å². The molecule has 2 heterocycles. The quantitative estimate of drug-likeness (QED) is 0.799. The summed E-state index contributed by atoms with van der Waals surface area (Å²) in [6.45, 7) is 2.51. The molecule has 4 rings (SSSR count). The molecule has 0 bridgehead atoms. The molecule has 1 N–H and O–H groups in total. The minimum Gasteiger partial charge on any atom is -0.348 e. The summed E-state index contributed by atoms with van der Waals surface area (Å²) < 4.78 is 1.58. The Morgan fingerprint density at radius 1 is 1.26 bits per heavy atom. The van der Waals surface area contributed by atoms with Crippen molar-refractivity contribution in [3.8, 4) is 0 Å². The lowest BCUT2D eigenvalue weighted by atomic mass is 9.96. The Bertz CT molecular complexity index is 867. The minimum atomic E-state index is -0.253. The van der Waals surface area contributed by atoms with Crippen molar-refractivity contribution < 1.29 is 4.79 Å². The van der Waals surface area contributed by atoms with E-state index in [-0.39, 0.29) is 17.1 Å². The second-order valence-electron chi connectivity index (χ2n) is 6.06. The first-order chi connectivity index (χ1) is 11.2. The monoisotopic (exact) mass is 307 g/mol. The van der Waals surface area contributed by atoms with E-state index in [1.807, 2.05) is 31.2 Å². The summed E-state index contributed by atoms with van der Waals surface area (Å²) in [5.74, 6) is 0.354. The number of benzene rings is 1. The van der Waals surface area contributed by atoms with Crippen molar-refractivity contribution in [3.05, 3.63) is 59.7 Å². The number of hydrogen-bond donors (Lipinski definition) is 1. The molecule has 1 aromatic carbocycles. The highest BCUT2D eigenvalue weighted by Gasteiger charge is 2.44. The van der Waals surface area contributed by atoms with Gasteiger partial charge in [0.2, 0.25) is 5.82 Å². The van der Waals surface area contributed by atoms with Crippen LogP contribution in [0.1, 0.15) is 34.7 Å². The Morgan fingerprint density at radius 3 is 2.74 bits per heavy atom. The molecular weight excluding hydrogens is 290 g/mol. The summed E-state index contributed by atoms with van der Waals surface area (Å²) in [6.07, 6.45) is 3.85. The van der Waals surface area contributed by atoms with Crippen LogP contribution in [0.15, 0.2) is 42.6 Å². The molecule has 6 heteroatoms. The molecule has 0 spiro atoms. The van der Waals surface area contributed by atoms with Crippen LogP contribution in [-0.4, -0.2) is 32.0 Å². The van der Waals surface area contributed by atoms with Crippen molar-refractivity contribution in [1.29, 1.82) is 0 Å². The standard InChI is InChI=1S/C17H17N5O/c1-12-7-10-18-16-20-14(21-22(12)16)15(23)19-11-17(8-9-17)13-5-3-2-4-6-13/h2-7,10H,8-9,11H2,1H3,(H,19,23). The molecule has 0 atom stereocenters. The van der Waals surface area contributed by atoms with Gasteiger partial charge in [0.1, 0.15) is 0 Å². The maximum absolute atomic E-state index is 12.4. The van der Waals surface area contributed by atoms with Gasteiger partial charge in [-0.3, -0.25) is 4.79 Å². The molecule has 116 valence electrons. The summed E-state index contributed by atoms with van der Waals surface area (Å²) in [5, 5.41) is 7.21. The number of fused-ring (bicyclic) bond motifs is 1. The van der Waals surface area contributed by atoms with Gasteiger partial charge in [-0.1, -0.05) is 30.3 Å². The molecular formula is C17H17N5O. The average Bonchev–Trinajstić information content (AvgIpc) is 3.24. The Morgan fingerprint density at radius 2 is 2.04 bits per heavy atom. The minimum absolute atomic E-state index is 0.0737. The number of amides is 1. The van der Waals surface area contributed by atoms with Gasteiger partial charge >= 0.3 is 0 Å². The van der Waals surface area contributed by atoms with Gasteiger partial charge in [0.05, 0.1) is 0 Å². The molecule has 2 aromatic heterocycles. The molecule has 0 aliphatic heterocycles. The van der Waals surface area contributed by atoms with Crippen molar-refractivity contribution in [2.24, 2.45) is 0 Å². The van der Waals surface area contributed by atoms with Crippen LogP contribution < -0.4 is 5.32 Å². The lowest BCUT2D eigenvalue weighted by Crippen LogP contribution is -2.32. The molecule has 1 saturated carbocycles. The largest absolute Gasteiger partial charge is 0.348 e. The third kappa shape index (κ3) is 2.46. The van der Waals surface area contributed by atoms with Crippen LogP contribution in [0, 0.1) is 6.92 Å². The first-order valence-electron chi connectivity index (χ1n) is 7.70. The van der Waals surface area contributed by atoms with E-state index in [0.717, 1.165) is 18.5 Å². The number of rotatable bonds is 4. The number of carbonyl (C=O) groups is 1. The number of nitrogens with zero attached hydrogens (tertiary/aromatic N) is 4. The number of aromatic nitrogens is 4. The second kappa shape index (κ2) is 5.15. The molecule has 1 aliphatic carbocycles. The zero-order chi connectivity index (χ0) is 15.9. The van der Waals surface area contributed by atoms with Crippen molar-refractivity contribution in [2.45, 2.75) is 25.2 Å². The maximum atomic E-state index is 12.4. The van der Waals surface area contributed by atoms with Gasteiger partial charge in [-0.25, -0.2) is 9.50 Å². The van der Waals surface area contributed by atoms with Gasteiger partial charge in [-0.15, -0.1) is 5.10 Å². The SMILES string of the molecule is Cc1ccnc2nc(C(=O)NCC3(c4ccccc4)CC3)nn12. The number of carbonyl (C=O) groups excluding carboxylic acids is 1. The number of nitrogens with one attached hydrogen (secondary N) is 1. The first kappa shape index (κ1) is 13.9. The zero-order valence-corrected chi connectivity index (χ0v) is 12.9. The van der Waals surface area contributed by atoms with E-state index in [0.29, 0.717) is 12.3 Å². The van der Waals surface area contributed by atoms with Gasteiger partial charge in [-0.2, -0.15) is 4.98 Å². The fourth-order valence-corrected chi connectivity index (χ4v) is 2.84. The predicted molar refractivity (Wildman–Crippen MR) is 85.2 cm³/mol. The summed E-state index contributed by atoms with van der Waals surface area (Å²) in [6, 6.07) is 12.2. The van der Waals surface area contributed by atoms with E-state index in [1.165, 1.54) is 5.56 Å². The average molecular weight is 307 g/mol. The summed E-state index contributed by atoms with van der Waals surface area (Å²) in [5.41, 5.74) is 2.25. The Labute approximate surface area is 133 Å². The normalized spacial score (nSPS) is 15.5. The molecule has 0 unspecified atom stereocenters. The van der Waals surface area contributed by atoms with E-state index < -0.39 is 0 Å². The third-order valence-electron chi connectivity index (χ3n) is 4.46.